The molecule has 1 aromatic rings. The molecule has 0 heterocycles. The van der Waals surface area contributed by atoms with Gasteiger partial charge in [-0.25, -0.2) is 0 Å². The third kappa shape index (κ3) is 5.68. The third-order valence-corrected chi connectivity index (χ3v) is 3.87. The summed E-state index contributed by atoms with van der Waals surface area (Å²) in [7, 11) is 0. The van der Waals surface area contributed by atoms with Crippen molar-refractivity contribution in [2.24, 2.45) is 11.8 Å². The minimum atomic E-state index is 0.775. The molecule has 1 atom stereocenters. The summed E-state index contributed by atoms with van der Waals surface area (Å²) < 4.78 is 0. The monoisotopic (exact) mass is 247 g/mol. The van der Waals surface area contributed by atoms with Crippen molar-refractivity contribution < 1.29 is 0 Å². The second-order valence-corrected chi connectivity index (χ2v) is 5.28. The van der Waals surface area contributed by atoms with Gasteiger partial charge in [0.05, 0.1) is 0 Å². The zero-order valence-electron chi connectivity index (χ0n) is 12.3. The Morgan fingerprint density at radius 1 is 0.944 bits per heavy atom. The van der Waals surface area contributed by atoms with Crippen LogP contribution in [0.4, 0.5) is 0 Å². The molecule has 0 amide bonds. The largest absolute Gasteiger partial charge is 0.317 e. The predicted octanol–water partition coefficient (Wildman–Crippen LogP) is 4.28. The lowest BCUT2D eigenvalue weighted by atomic mass is 9.86. The first-order valence-corrected chi connectivity index (χ1v) is 7.54. The van der Waals surface area contributed by atoms with E-state index >= 15 is 0 Å². The average Bonchev–Trinajstić information content (AvgIpc) is 2.42. The highest BCUT2D eigenvalue weighted by atomic mass is 14.8. The molecule has 0 saturated carbocycles. The highest BCUT2D eigenvalue weighted by molar-refractivity contribution is 5.15. The van der Waals surface area contributed by atoms with Crippen molar-refractivity contribution >= 4 is 0 Å². The molecule has 0 aliphatic heterocycles. The highest BCUT2D eigenvalue weighted by Crippen LogP contribution is 2.21. The Kier molecular flexibility index (Phi) is 7.75. The van der Waals surface area contributed by atoms with Crippen molar-refractivity contribution in [2.45, 2.75) is 46.5 Å². The molecule has 102 valence electrons. The van der Waals surface area contributed by atoms with Crippen LogP contribution in [0, 0.1) is 11.8 Å². The molecule has 0 radical (unpaired) electrons. The standard InChI is InChI=1S/C17H29N/c1-4-15(5-2)12-17(14-18-6-3)13-16-10-8-7-9-11-16/h7-11,15,17-18H,4-6,12-14H2,1-3H3. The Morgan fingerprint density at radius 3 is 2.17 bits per heavy atom. The van der Waals surface area contributed by atoms with Crippen molar-refractivity contribution in [3.63, 3.8) is 0 Å². The molecule has 1 rings (SSSR count). The van der Waals surface area contributed by atoms with Gasteiger partial charge in [0.1, 0.15) is 0 Å². The van der Waals surface area contributed by atoms with Gasteiger partial charge in [-0.1, -0.05) is 63.9 Å². The van der Waals surface area contributed by atoms with Gasteiger partial charge in [-0.3, -0.25) is 0 Å². The molecule has 18 heavy (non-hydrogen) atoms. The molecule has 1 nitrogen and oxygen atoms in total. The first-order valence-electron chi connectivity index (χ1n) is 7.54. The molecule has 1 aromatic carbocycles. The topological polar surface area (TPSA) is 12.0 Å². The summed E-state index contributed by atoms with van der Waals surface area (Å²) in [6, 6.07) is 10.9. The molecule has 0 fully saturated rings. The summed E-state index contributed by atoms with van der Waals surface area (Å²) in [5.74, 6) is 1.66. The van der Waals surface area contributed by atoms with E-state index < -0.39 is 0 Å². The van der Waals surface area contributed by atoms with Gasteiger partial charge in [0.2, 0.25) is 0 Å². The van der Waals surface area contributed by atoms with Crippen LogP contribution in [0.25, 0.3) is 0 Å². The SMILES string of the molecule is CCNCC(Cc1ccccc1)CC(CC)CC. The van der Waals surface area contributed by atoms with Gasteiger partial charge in [0, 0.05) is 0 Å². The maximum atomic E-state index is 3.52. The van der Waals surface area contributed by atoms with Crippen LogP contribution in [0.15, 0.2) is 30.3 Å². The Labute approximate surface area is 113 Å². The smallest absolute Gasteiger partial charge is 0.00173 e. The molecule has 0 aliphatic carbocycles. The first kappa shape index (κ1) is 15.2. The van der Waals surface area contributed by atoms with Crippen molar-refractivity contribution in [1.29, 1.82) is 0 Å². The highest BCUT2D eigenvalue weighted by Gasteiger charge is 2.14. The van der Waals surface area contributed by atoms with E-state index in [1.165, 1.54) is 31.2 Å². The van der Waals surface area contributed by atoms with E-state index in [1.54, 1.807) is 0 Å². The Hall–Kier alpha value is -0.820. The van der Waals surface area contributed by atoms with E-state index in [2.05, 4.69) is 56.4 Å². The van der Waals surface area contributed by atoms with Crippen LogP contribution in [0.2, 0.25) is 0 Å². The van der Waals surface area contributed by atoms with Gasteiger partial charge in [-0.2, -0.15) is 0 Å². The van der Waals surface area contributed by atoms with Gasteiger partial charge in [-0.05, 0) is 43.3 Å². The van der Waals surface area contributed by atoms with E-state index in [4.69, 9.17) is 0 Å². The lowest BCUT2D eigenvalue weighted by Gasteiger charge is -2.22. The van der Waals surface area contributed by atoms with E-state index in [-0.39, 0.29) is 0 Å². The first-order chi connectivity index (χ1) is 8.80. The summed E-state index contributed by atoms with van der Waals surface area (Å²) >= 11 is 0. The molecule has 0 aromatic heterocycles. The van der Waals surface area contributed by atoms with Crippen LogP contribution in [0.3, 0.4) is 0 Å². The maximum Gasteiger partial charge on any atom is -0.00173 e. The minimum Gasteiger partial charge on any atom is -0.317 e. The molecule has 0 bridgehead atoms. The van der Waals surface area contributed by atoms with E-state index in [0.29, 0.717) is 0 Å². The number of rotatable bonds is 9. The predicted molar refractivity (Wildman–Crippen MR) is 80.9 cm³/mol. The molecular formula is C17H29N. The van der Waals surface area contributed by atoms with Gasteiger partial charge in [0.25, 0.3) is 0 Å². The fourth-order valence-corrected chi connectivity index (χ4v) is 2.63. The van der Waals surface area contributed by atoms with Crippen molar-refractivity contribution in [3.05, 3.63) is 35.9 Å². The Morgan fingerprint density at radius 2 is 1.61 bits per heavy atom. The van der Waals surface area contributed by atoms with Crippen LogP contribution in [0.5, 0.6) is 0 Å². The van der Waals surface area contributed by atoms with Gasteiger partial charge >= 0.3 is 0 Å². The molecule has 0 aliphatic rings. The summed E-state index contributed by atoms with van der Waals surface area (Å²) in [6.45, 7) is 9.06. The van der Waals surface area contributed by atoms with Crippen LogP contribution in [-0.2, 0) is 6.42 Å². The number of nitrogens with one attached hydrogen (secondary N) is 1. The van der Waals surface area contributed by atoms with Gasteiger partial charge < -0.3 is 5.32 Å². The summed E-state index contributed by atoms with van der Waals surface area (Å²) in [6.07, 6.45) is 5.20. The average molecular weight is 247 g/mol. The van der Waals surface area contributed by atoms with Crippen molar-refractivity contribution in [1.82, 2.24) is 5.32 Å². The Balaban J connectivity index is 2.54. The molecule has 1 heteroatoms. The normalized spacial score (nSPS) is 12.9. The molecule has 1 unspecified atom stereocenters. The number of hydrogen-bond donors (Lipinski definition) is 1. The minimum absolute atomic E-state index is 0.775. The molecule has 1 N–H and O–H groups in total. The van der Waals surface area contributed by atoms with Crippen LogP contribution >= 0.6 is 0 Å². The fraction of sp³-hybridized carbons (Fsp3) is 0.647. The number of benzene rings is 1. The quantitative estimate of drug-likeness (QED) is 0.687. The maximum absolute atomic E-state index is 3.52. The second-order valence-electron chi connectivity index (χ2n) is 5.28. The van der Waals surface area contributed by atoms with Gasteiger partial charge in [0.15, 0.2) is 0 Å². The van der Waals surface area contributed by atoms with Crippen molar-refractivity contribution in [3.8, 4) is 0 Å². The van der Waals surface area contributed by atoms with Crippen molar-refractivity contribution in [2.75, 3.05) is 13.1 Å². The molecule has 0 spiro atoms. The van der Waals surface area contributed by atoms with Crippen LogP contribution in [-0.4, -0.2) is 13.1 Å². The molecule has 0 saturated heterocycles. The fourth-order valence-electron chi connectivity index (χ4n) is 2.63. The summed E-state index contributed by atoms with van der Waals surface area (Å²) in [4.78, 5) is 0. The lowest BCUT2D eigenvalue weighted by molar-refractivity contribution is 0.340. The zero-order valence-corrected chi connectivity index (χ0v) is 12.3. The summed E-state index contributed by atoms with van der Waals surface area (Å²) in [5, 5.41) is 3.52. The second kappa shape index (κ2) is 9.16. The van der Waals surface area contributed by atoms with Crippen LogP contribution < -0.4 is 5.32 Å². The van der Waals surface area contributed by atoms with Gasteiger partial charge in [-0.15, -0.1) is 0 Å². The van der Waals surface area contributed by atoms with E-state index in [0.717, 1.165) is 24.9 Å². The zero-order chi connectivity index (χ0) is 13.2. The van der Waals surface area contributed by atoms with Crippen LogP contribution in [0.1, 0.15) is 45.6 Å². The molecular weight excluding hydrogens is 218 g/mol. The lowest BCUT2D eigenvalue weighted by Crippen LogP contribution is -2.25. The third-order valence-electron chi connectivity index (χ3n) is 3.87. The van der Waals surface area contributed by atoms with E-state index in [9.17, 15) is 0 Å². The summed E-state index contributed by atoms with van der Waals surface area (Å²) in [5.41, 5.74) is 1.48. The van der Waals surface area contributed by atoms with E-state index in [1.807, 2.05) is 0 Å². The number of hydrogen-bond acceptors (Lipinski definition) is 1. The Bertz CT molecular complexity index is 290.